The van der Waals surface area contributed by atoms with Crippen molar-refractivity contribution in [3.63, 3.8) is 0 Å². The van der Waals surface area contributed by atoms with E-state index < -0.39 is 11.9 Å². The molecule has 0 bridgehead atoms. The Morgan fingerprint density at radius 3 is 1.02 bits per heavy atom. The quantitative estimate of drug-likeness (QED) is 0.163. The molecule has 2 heterocycles. The van der Waals surface area contributed by atoms with E-state index in [2.05, 4.69) is 149 Å². The molecule has 2 aliphatic rings. The predicted molar refractivity (Wildman–Crippen MR) is 206 cm³/mol. The molecule has 6 rings (SSSR count). The molecular formula is C40H52Cl2N4O4S2. The first-order valence-electron chi connectivity index (χ1n) is 17.3. The number of anilines is 4. The van der Waals surface area contributed by atoms with Crippen molar-refractivity contribution in [3.8, 4) is 0 Å². The van der Waals surface area contributed by atoms with E-state index in [1.807, 2.05) is 23.5 Å². The molecule has 0 spiro atoms. The van der Waals surface area contributed by atoms with Crippen LogP contribution in [0, 0.1) is 0 Å². The Kier molecular flexibility index (Phi) is 18.9. The van der Waals surface area contributed by atoms with Crippen LogP contribution in [0.1, 0.15) is 39.5 Å². The zero-order valence-corrected chi connectivity index (χ0v) is 34.0. The molecular weight excluding hydrogens is 736 g/mol. The number of hydrogen-bond acceptors (Lipinski definition) is 6. The molecule has 2 aliphatic heterocycles. The Balaban J connectivity index is 0.000000281. The summed E-state index contributed by atoms with van der Waals surface area (Å²) >= 11 is 3.75. The van der Waals surface area contributed by atoms with Crippen molar-refractivity contribution in [2.45, 2.75) is 71.2 Å². The smallest absolute Gasteiger partial charge is 0.303 e. The highest BCUT2D eigenvalue weighted by atomic mass is 35.5. The maximum atomic E-state index is 9.90. The van der Waals surface area contributed by atoms with E-state index in [1.165, 1.54) is 52.1 Å². The lowest BCUT2D eigenvalue weighted by molar-refractivity contribution is -0.881. The Morgan fingerprint density at radius 2 is 0.788 bits per heavy atom. The SMILES string of the molecule is C[C@@H](CN1c2ccccc2Sc2ccccc21)[NH+](C)C.C[C@H](CN1c2ccccc2Sc2ccccc21)[NH+](C)C.O=C(O)CCCCC(=O)O.[Cl-].[Cl-]. The number of rotatable bonds is 11. The molecule has 52 heavy (non-hydrogen) atoms. The van der Waals surface area contributed by atoms with Gasteiger partial charge in [-0.15, -0.1) is 0 Å². The Bertz CT molecular complexity index is 1510. The lowest BCUT2D eigenvalue weighted by Gasteiger charge is -2.34. The number of halogens is 2. The minimum atomic E-state index is -0.870. The van der Waals surface area contributed by atoms with Crippen LogP contribution in [0.2, 0.25) is 0 Å². The van der Waals surface area contributed by atoms with Gasteiger partial charge in [0.25, 0.3) is 0 Å². The molecule has 8 nitrogen and oxygen atoms in total. The highest BCUT2D eigenvalue weighted by molar-refractivity contribution is 8.00. The minimum absolute atomic E-state index is 0. The molecule has 282 valence electrons. The topological polar surface area (TPSA) is 90.0 Å². The monoisotopic (exact) mass is 786 g/mol. The maximum Gasteiger partial charge on any atom is 0.303 e. The van der Waals surface area contributed by atoms with Crippen LogP contribution < -0.4 is 44.4 Å². The van der Waals surface area contributed by atoms with Crippen LogP contribution in [0.15, 0.2) is 117 Å². The first-order valence-corrected chi connectivity index (χ1v) is 18.9. The average Bonchev–Trinajstić information content (AvgIpc) is 3.10. The molecule has 0 unspecified atom stereocenters. The minimum Gasteiger partial charge on any atom is -1.00 e. The van der Waals surface area contributed by atoms with Crippen molar-refractivity contribution in [1.82, 2.24) is 0 Å². The number of nitrogens with zero attached hydrogens (tertiary/aromatic N) is 2. The largest absolute Gasteiger partial charge is 1.00 e. The third-order valence-corrected chi connectivity index (χ3v) is 11.2. The molecule has 0 amide bonds. The van der Waals surface area contributed by atoms with E-state index in [4.69, 9.17) is 10.2 Å². The number of fused-ring (bicyclic) bond motifs is 4. The summed E-state index contributed by atoms with van der Waals surface area (Å²) in [6, 6.07) is 36.0. The van der Waals surface area contributed by atoms with Gasteiger partial charge in [-0.3, -0.25) is 9.59 Å². The van der Waals surface area contributed by atoms with Gasteiger partial charge in [-0.1, -0.05) is 72.1 Å². The zero-order chi connectivity index (χ0) is 36.2. The van der Waals surface area contributed by atoms with Crippen LogP contribution in [0.3, 0.4) is 0 Å². The van der Waals surface area contributed by atoms with Gasteiger partial charge in [0, 0.05) is 32.4 Å². The van der Waals surface area contributed by atoms with Crippen molar-refractivity contribution < 1.29 is 54.4 Å². The van der Waals surface area contributed by atoms with Gasteiger partial charge in [0.15, 0.2) is 0 Å². The first-order chi connectivity index (χ1) is 24.0. The van der Waals surface area contributed by atoms with Crippen LogP contribution in [0.25, 0.3) is 0 Å². The van der Waals surface area contributed by atoms with E-state index in [-0.39, 0.29) is 37.7 Å². The number of para-hydroxylation sites is 4. The standard InChI is InChI=1S/2C17H20N2S.C6H10O4.2ClH/c2*1-13(18(2)3)12-19-14-8-4-6-10-16(14)20-17-11-7-5-9-15(17)19;7-5(8)3-1-2-4-6(9)10;;/h2*4-11,13H,12H2,1-3H3;1-4H2,(H,7,8)(H,9,10);2*1H/t2*13-;;;/m10.../s1. The Hall–Kier alpha value is -3.38. The summed E-state index contributed by atoms with van der Waals surface area (Å²) in [5, 5.41) is 16.3. The molecule has 0 aliphatic carbocycles. The van der Waals surface area contributed by atoms with Crippen molar-refractivity contribution in [1.29, 1.82) is 0 Å². The van der Waals surface area contributed by atoms with Gasteiger partial charge in [-0.2, -0.15) is 0 Å². The second-order valence-corrected chi connectivity index (χ2v) is 15.4. The lowest BCUT2D eigenvalue weighted by Crippen LogP contribution is -3.10. The van der Waals surface area contributed by atoms with E-state index in [1.54, 1.807) is 0 Å². The number of hydrogen-bond donors (Lipinski definition) is 4. The average molecular weight is 788 g/mol. The number of quaternary nitrogens is 2. The molecule has 0 saturated heterocycles. The number of carbonyl (C=O) groups is 2. The lowest BCUT2D eigenvalue weighted by atomic mass is 10.2. The summed E-state index contributed by atoms with van der Waals surface area (Å²) in [5.41, 5.74) is 5.35. The maximum absolute atomic E-state index is 9.90. The van der Waals surface area contributed by atoms with Crippen LogP contribution in [0.4, 0.5) is 22.7 Å². The summed E-state index contributed by atoms with van der Waals surface area (Å²) in [7, 11) is 8.89. The summed E-state index contributed by atoms with van der Waals surface area (Å²) in [4.78, 5) is 33.1. The van der Waals surface area contributed by atoms with Gasteiger partial charge in [0.2, 0.25) is 0 Å². The molecule has 0 saturated carbocycles. The van der Waals surface area contributed by atoms with Crippen LogP contribution in [0.5, 0.6) is 0 Å². The Labute approximate surface area is 330 Å². The second-order valence-electron chi connectivity index (χ2n) is 13.2. The summed E-state index contributed by atoms with van der Waals surface area (Å²) < 4.78 is 0. The normalized spacial score (nSPS) is 13.2. The fourth-order valence-electron chi connectivity index (χ4n) is 5.42. The number of nitrogens with one attached hydrogen (secondary N) is 2. The van der Waals surface area contributed by atoms with Crippen molar-refractivity contribution >= 4 is 58.2 Å². The van der Waals surface area contributed by atoms with Crippen molar-refractivity contribution in [3.05, 3.63) is 97.1 Å². The number of likely N-dealkylation sites (N-methyl/N-ethyl adjacent to an activating group) is 2. The van der Waals surface area contributed by atoms with E-state index >= 15 is 0 Å². The van der Waals surface area contributed by atoms with Gasteiger partial charge in [0.1, 0.15) is 12.1 Å². The highest BCUT2D eigenvalue weighted by Crippen LogP contribution is 2.48. The van der Waals surface area contributed by atoms with Crippen LogP contribution in [-0.2, 0) is 9.59 Å². The van der Waals surface area contributed by atoms with Crippen LogP contribution >= 0.6 is 23.5 Å². The molecule has 4 N–H and O–H groups in total. The summed E-state index contributed by atoms with van der Waals surface area (Å²) in [6.45, 7) is 6.69. The van der Waals surface area contributed by atoms with Crippen molar-refractivity contribution in [2.24, 2.45) is 0 Å². The van der Waals surface area contributed by atoms with Gasteiger partial charge in [-0.25, -0.2) is 0 Å². The molecule has 0 fully saturated rings. The first kappa shape index (κ1) is 44.8. The van der Waals surface area contributed by atoms with Gasteiger partial charge < -0.3 is 54.6 Å². The third-order valence-electron chi connectivity index (χ3n) is 8.98. The molecule has 4 aromatic rings. The summed E-state index contributed by atoms with van der Waals surface area (Å²) in [6.07, 6.45) is 1.02. The highest BCUT2D eigenvalue weighted by Gasteiger charge is 2.27. The second kappa shape index (κ2) is 22.0. The van der Waals surface area contributed by atoms with Crippen molar-refractivity contribution in [2.75, 3.05) is 51.1 Å². The fraction of sp³-hybridized carbons (Fsp3) is 0.350. The van der Waals surface area contributed by atoms with E-state index in [9.17, 15) is 9.59 Å². The van der Waals surface area contributed by atoms with Gasteiger partial charge in [0.05, 0.1) is 64.0 Å². The summed E-state index contributed by atoms with van der Waals surface area (Å²) in [5.74, 6) is -1.74. The van der Waals surface area contributed by atoms with E-state index in [0.29, 0.717) is 24.9 Å². The Morgan fingerprint density at radius 1 is 0.538 bits per heavy atom. The van der Waals surface area contributed by atoms with Crippen LogP contribution in [-0.4, -0.2) is 75.5 Å². The number of unbranched alkanes of at least 4 members (excludes halogenated alkanes) is 1. The predicted octanol–water partition coefficient (Wildman–Crippen LogP) is 0.369. The fourth-order valence-corrected chi connectivity index (χ4v) is 7.61. The number of aliphatic carboxylic acids is 2. The van der Waals surface area contributed by atoms with Gasteiger partial charge in [-0.05, 0) is 75.2 Å². The number of carboxylic acid groups (broad SMARTS) is 2. The molecule has 12 heteroatoms. The van der Waals surface area contributed by atoms with Gasteiger partial charge >= 0.3 is 11.9 Å². The molecule has 4 aromatic carbocycles. The number of carboxylic acids is 2. The molecule has 2 atom stereocenters. The van der Waals surface area contributed by atoms with E-state index in [0.717, 1.165) is 13.1 Å². The molecule has 0 aromatic heterocycles. The number of benzene rings is 4. The zero-order valence-electron chi connectivity index (χ0n) is 30.8. The third kappa shape index (κ3) is 12.6. The molecule has 0 radical (unpaired) electrons.